The third kappa shape index (κ3) is 4.99. The van der Waals surface area contributed by atoms with E-state index < -0.39 is 0 Å². The third-order valence-corrected chi connectivity index (χ3v) is 2.88. The van der Waals surface area contributed by atoms with Crippen LogP contribution in [0.1, 0.15) is 25.0 Å². The number of nitriles is 1. The Morgan fingerprint density at radius 3 is 2.71 bits per heavy atom. The lowest BCUT2D eigenvalue weighted by molar-refractivity contribution is 0.302. The Balaban J connectivity index is 2.29. The summed E-state index contributed by atoms with van der Waals surface area (Å²) in [4.78, 5) is 2.39. The number of nitrogens with zero attached hydrogens (tertiary/aromatic N) is 2. The Hall–Kier alpha value is -1.37. The Labute approximate surface area is 104 Å². The predicted octanol–water partition coefficient (Wildman–Crippen LogP) is 1.99. The van der Waals surface area contributed by atoms with Gasteiger partial charge in [0.05, 0.1) is 11.6 Å². The first-order valence-corrected chi connectivity index (χ1v) is 6.22. The Morgan fingerprint density at radius 1 is 1.29 bits per heavy atom. The zero-order valence-corrected chi connectivity index (χ0v) is 10.7. The number of hydrogen-bond acceptors (Lipinski definition) is 3. The number of nitrogens with one attached hydrogen (secondary N) is 1. The van der Waals surface area contributed by atoms with Crippen LogP contribution in [0.25, 0.3) is 0 Å². The molecule has 1 N–H and O–H groups in total. The fraction of sp³-hybridized carbons (Fsp3) is 0.500. The molecule has 0 saturated heterocycles. The molecule has 0 aliphatic rings. The molecule has 0 aliphatic carbocycles. The van der Waals surface area contributed by atoms with Gasteiger partial charge in [-0.25, -0.2) is 0 Å². The highest BCUT2D eigenvalue weighted by Gasteiger charge is 1.98. The molecule has 1 aromatic carbocycles. The molecule has 0 unspecified atom stereocenters. The standard InChI is InChI=1S/C14H21N3/c1-3-17(4-2)9-8-16-12-14-7-5-6-13(10-14)11-15/h5-7,10,16H,3-4,8-9,12H2,1-2H3. The molecule has 3 nitrogen and oxygen atoms in total. The highest BCUT2D eigenvalue weighted by Crippen LogP contribution is 2.03. The minimum absolute atomic E-state index is 0.730. The van der Waals surface area contributed by atoms with E-state index in [1.807, 2.05) is 24.3 Å². The van der Waals surface area contributed by atoms with Crippen molar-refractivity contribution in [3.63, 3.8) is 0 Å². The van der Waals surface area contributed by atoms with Crippen molar-refractivity contribution in [3.8, 4) is 6.07 Å². The van der Waals surface area contributed by atoms with Crippen LogP contribution in [0.2, 0.25) is 0 Å². The first-order chi connectivity index (χ1) is 8.30. The summed E-state index contributed by atoms with van der Waals surface area (Å²) in [5, 5.41) is 12.2. The molecule has 17 heavy (non-hydrogen) atoms. The molecule has 1 rings (SSSR count). The summed E-state index contributed by atoms with van der Waals surface area (Å²) in [6, 6.07) is 9.90. The molecule has 0 amide bonds. The van der Waals surface area contributed by atoms with Gasteiger partial charge in [-0.3, -0.25) is 0 Å². The van der Waals surface area contributed by atoms with Crippen LogP contribution in [0.5, 0.6) is 0 Å². The van der Waals surface area contributed by atoms with Crippen molar-refractivity contribution in [2.24, 2.45) is 0 Å². The van der Waals surface area contributed by atoms with E-state index in [4.69, 9.17) is 5.26 Å². The summed E-state index contributed by atoms with van der Waals surface area (Å²) in [6.07, 6.45) is 0. The monoisotopic (exact) mass is 231 g/mol. The van der Waals surface area contributed by atoms with Crippen LogP contribution >= 0.6 is 0 Å². The number of rotatable bonds is 7. The van der Waals surface area contributed by atoms with E-state index in [9.17, 15) is 0 Å². The molecule has 92 valence electrons. The average molecular weight is 231 g/mol. The van der Waals surface area contributed by atoms with Crippen LogP contribution in [0.15, 0.2) is 24.3 Å². The molecule has 0 heterocycles. The second kappa shape index (κ2) is 7.83. The van der Waals surface area contributed by atoms with Gasteiger partial charge in [0, 0.05) is 19.6 Å². The van der Waals surface area contributed by atoms with Crippen LogP contribution in [-0.4, -0.2) is 31.1 Å². The highest BCUT2D eigenvalue weighted by atomic mass is 15.1. The average Bonchev–Trinajstić information content (AvgIpc) is 2.39. The largest absolute Gasteiger partial charge is 0.311 e. The maximum Gasteiger partial charge on any atom is 0.0991 e. The summed E-state index contributed by atoms with van der Waals surface area (Å²) >= 11 is 0. The first kappa shape index (κ1) is 13.7. The van der Waals surface area contributed by atoms with Crippen LogP contribution < -0.4 is 5.32 Å². The van der Waals surface area contributed by atoms with E-state index in [0.717, 1.165) is 38.3 Å². The summed E-state index contributed by atoms with van der Waals surface area (Å²) < 4.78 is 0. The van der Waals surface area contributed by atoms with E-state index in [-0.39, 0.29) is 0 Å². The SMILES string of the molecule is CCN(CC)CCNCc1cccc(C#N)c1. The van der Waals surface area contributed by atoms with Crippen molar-refractivity contribution >= 4 is 0 Å². The van der Waals surface area contributed by atoms with Crippen molar-refractivity contribution in [2.45, 2.75) is 20.4 Å². The maximum absolute atomic E-state index is 8.79. The van der Waals surface area contributed by atoms with Crippen molar-refractivity contribution in [2.75, 3.05) is 26.2 Å². The smallest absolute Gasteiger partial charge is 0.0991 e. The van der Waals surface area contributed by atoms with Gasteiger partial charge >= 0.3 is 0 Å². The van der Waals surface area contributed by atoms with Gasteiger partial charge in [0.2, 0.25) is 0 Å². The lowest BCUT2D eigenvalue weighted by Gasteiger charge is -2.18. The summed E-state index contributed by atoms with van der Waals surface area (Å²) in [7, 11) is 0. The molecule has 0 aromatic heterocycles. The topological polar surface area (TPSA) is 39.1 Å². The molecule has 0 spiro atoms. The number of hydrogen-bond donors (Lipinski definition) is 1. The van der Waals surface area contributed by atoms with Crippen LogP contribution in [-0.2, 0) is 6.54 Å². The normalized spacial score (nSPS) is 10.5. The van der Waals surface area contributed by atoms with E-state index in [1.165, 1.54) is 5.56 Å². The molecule has 0 atom stereocenters. The second-order valence-electron chi connectivity index (χ2n) is 4.02. The minimum atomic E-state index is 0.730. The van der Waals surface area contributed by atoms with Crippen LogP contribution in [0.4, 0.5) is 0 Å². The Kier molecular flexibility index (Phi) is 6.31. The molecule has 0 saturated carbocycles. The van der Waals surface area contributed by atoms with Gasteiger partial charge in [0.15, 0.2) is 0 Å². The van der Waals surface area contributed by atoms with Crippen molar-refractivity contribution in [3.05, 3.63) is 35.4 Å². The lowest BCUT2D eigenvalue weighted by Crippen LogP contribution is -2.31. The van der Waals surface area contributed by atoms with E-state index in [0.29, 0.717) is 0 Å². The second-order valence-corrected chi connectivity index (χ2v) is 4.02. The van der Waals surface area contributed by atoms with Gasteiger partial charge in [-0.1, -0.05) is 26.0 Å². The van der Waals surface area contributed by atoms with Crippen molar-refractivity contribution in [1.29, 1.82) is 5.26 Å². The Bertz CT molecular complexity index is 364. The van der Waals surface area contributed by atoms with Crippen LogP contribution in [0, 0.1) is 11.3 Å². The molecule has 0 radical (unpaired) electrons. The predicted molar refractivity (Wildman–Crippen MR) is 70.7 cm³/mol. The van der Waals surface area contributed by atoms with Crippen LogP contribution in [0.3, 0.4) is 0 Å². The fourth-order valence-electron chi connectivity index (χ4n) is 1.76. The molecular formula is C14H21N3. The summed E-state index contributed by atoms with van der Waals surface area (Å²) in [6.45, 7) is 9.45. The third-order valence-electron chi connectivity index (χ3n) is 2.88. The van der Waals surface area contributed by atoms with E-state index >= 15 is 0 Å². The van der Waals surface area contributed by atoms with E-state index in [1.54, 1.807) is 0 Å². The zero-order valence-electron chi connectivity index (χ0n) is 10.7. The lowest BCUT2D eigenvalue weighted by atomic mass is 10.1. The Morgan fingerprint density at radius 2 is 2.06 bits per heavy atom. The van der Waals surface area contributed by atoms with Gasteiger partial charge in [-0.05, 0) is 30.8 Å². The number of benzene rings is 1. The molecule has 0 fully saturated rings. The van der Waals surface area contributed by atoms with Crippen molar-refractivity contribution in [1.82, 2.24) is 10.2 Å². The van der Waals surface area contributed by atoms with E-state index in [2.05, 4.69) is 30.1 Å². The zero-order chi connectivity index (χ0) is 12.5. The quantitative estimate of drug-likeness (QED) is 0.729. The van der Waals surface area contributed by atoms with Gasteiger partial charge in [0.1, 0.15) is 0 Å². The van der Waals surface area contributed by atoms with Crippen molar-refractivity contribution < 1.29 is 0 Å². The maximum atomic E-state index is 8.79. The number of likely N-dealkylation sites (N-methyl/N-ethyl adjacent to an activating group) is 1. The van der Waals surface area contributed by atoms with Gasteiger partial charge in [-0.2, -0.15) is 5.26 Å². The minimum Gasteiger partial charge on any atom is -0.311 e. The fourth-order valence-corrected chi connectivity index (χ4v) is 1.76. The molecule has 0 bridgehead atoms. The van der Waals surface area contributed by atoms with Gasteiger partial charge < -0.3 is 10.2 Å². The highest BCUT2D eigenvalue weighted by molar-refractivity contribution is 5.32. The molecule has 3 heteroatoms. The van der Waals surface area contributed by atoms with Gasteiger partial charge in [-0.15, -0.1) is 0 Å². The molecule has 0 aliphatic heterocycles. The molecular weight excluding hydrogens is 210 g/mol. The van der Waals surface area contributed by atoms with Gasteiger partial charge in [0.25, 0.3) is 0 Å². The first-order valence-electron chi connectivity index (χ1n) is 6.22. The summed E-state index contributed by atoms with van der Waals surface area (Å²) in [5.41, 5.74) is 1.90. The summed E-state index contributed by atoms with van der Waals surface area (Å²) in [5.74, 6) is 0. The molecule has 1 aromatic rings.